The summed E-state index contributed by atoms with van der Waals surface area (Å²) < 4.78 is 5.30. The van der Waals surface area contributed by atoms with Gasteiger partial charge in [0, 0.05) is 11.1 Å². The normalized spacial score (nSPS) is 12.5. The fraction of sp³-hybridized carbons (Fsp3) is 0.190. The quantitative estimate of drug-likeness (QED) is 0.301. The summed E-state index contributed by atoms with van der Waals surface area (Å²) in [6, 6.07) is 14.9. The number of ether oxygens (including phenoxy) is 1. The summed E-state index contributed by atoms with van der Waals surface area (Å²) in [6.07, 6.45) is 1.80. The number of halogens is 2. The number of oxime groups is 2. The first-order valence-corrected chi connectivity index (χ1v) is 9.70. The van der Waals surface area contributed by atoms with Crippen molar-refractivity contribution in [3.8, 4) is 0 Å². The lowest BCUT2D eigenvalue weighted by molar-refractivity contribution is -0.132. The van der Waals surface area contributed by atoms with E-state index in [4.69, 9.17) is 26.0 Å². The summed E-state index contributed by atoms with van der Waals surface area (Å²) >= 11 is 9.01. The van der Waals surface area contributed by atoms with E-state index in [1.165, 1.54) is 14.2 Å². The zero-order chi connectivity index (χ0) is 21.2. The van der Waals surface area contributed by atoms with E-state index in [0.29, 0.717) is 15.2 Å². The highest BCUT2D eigenvalue weighted by Crippen LogP contribution is 2.17. The van der Waals surface area contributed by atoms with Gasteiger partial charge in [0.15, 0.2) is 5.71 Å². The maximum Gasteiger partial charge on any atom is 0.360 e. The molecule has 2 rings (SSSR count). The topological polar surface area (TPSA) is 69.5 Å². The van der Waals surface area contributed by atoms with Crippen LogP contribution in [-0.2, 0) is 25.8 Å². The van der Waals surface area contributed by atoms with Gasteiger partial charge in [0.05, 0.1) is 16.8 Å². The standard InChI is InChI=1S/C21H20BrClN2O4/c1-14(16-10-8-15(9-11-16)12-19(22)23)24-29-13-17-6-4-5-7-18(17)20(25-28-3)21(26)27-2/h4-12H,13H2,1-3H3. The molecule has 0 unspecified atom stereocenters. The Morgan fingerprint density at radius 1 is 1.10 bits per heavy atom. The third-order valence-electron chi connectivity index (χ3n) is 3.86. The number of hydrogen-bond acceptors (Lipinski definition) is 6. The number of hydrogen-bond donors (Lipinski definition) is 0. The van der Waals surface area contributed by atoms with Crippen molar-refractivity contribution in [3.63, 3.8) is 0 Å². The van der Waals surface area contributed by atoms with Gasteiger partial charge < -0.3 is 14.4 Å². The fourth-order valence-electron chi connectivity index (χ4n) is 2.46. The lowest BCUT2D eigenvalue weighted by atomic mass is 10.0. The third kappa shape index (κ3) is 6.73. The van der Waals surface area contributed by atoms with Crippen LogP contribution in [0, 0.1) is 0 Å². The van der Waals surface area contributed by atoms with Crippen molar-refractivity contribution in [2.75, 3.05) is 14.2 Å². The van der Waals surface area contributed by atoms with E-state index < -0.39 is 5.97 Å². The van der Waals surface area contributed by atoms with Crippen molar-refractivity contribution in [2.45, 2.75) is 13.5 Å². The minimum Gasteiger partial charge on any atom is -0.464 e. The second-order valence-electron chi connectivity index (χ2n) is 5.78. The minimum atomic E-state index is -0.600. The molecule has 6 nitrogen and oxygen atoms in total. The average molecular weight is 480 g/mol. The molecule has 0 spiro atoms. The van der Waals surface area contributed by atoms with E-state index in [0.717, 1.165) is 16.7 Å². The Labute approximate surface area is 182 Å². The zero-order valence-corrected chi connectivity index (χ0v) is 18.5. The molecule has 2 aromatic carbocycles. The molecule has 152 valence electrons. The summed E-state index contributed by atoms with van der Waals surface area (Å²) in [5, 5.41) is 7.95. The van der Waals surface area contributed by atoms with Gasteiger partial charge in [-0.3, -0.25) is 0 Å². The second kappa shape index (κ2) is 11.4. The molecule has 0 aliphatic heterocycles. The monoisotopic (exact) mass is 478 g/mol. The van der Waals surface area contributed by atoms with Gasteiger partial charge in [0.1, 0.15) is 13.7 Å². The van der Waals surface area contributed by atoms with Crippen LogP contribution in [0.1, 0.15) is 29.2 Å². The molecular weight excluding hydrogens is 460 g/mol. The highest BCUT2D eigenvalue weighted by atomic mass is 79.9. The van der Waals surface area contributed by atoms with Crippen LogP contribution in [0.3, 0.4) is 0 Å². The van der Waals surface area contributed by atoms with E-state index in [-0.39, 0.29) is 12.3 Å². The highest BCUT2D eigenvalue weighted by Gasteiger charge is 2.19. The van der Waals surface area contributed by atoms with Gasteiger partial charge in [-0.25, -0.2) is 4.79 Å². The summed E-state index contributed by atoms with van der Waals surface area (Å²) in [5.41, 5.74) is 3.92. The van der Waals surface area contributed by atoms with E-state index in [1.807, 2.05) is 43.3 Å². The summed E-state index contributed by atoms with van der Waals surface area (Å²) in [5.74, 6) is -0.600. The van der Waals surface area contributed by atoms with Crippen LogP contribution >= 0.6 is 27.5 Å². The molecule has 0 radical (unpaired) electrons. The van der Waals surface area contributed by atoms with Crippen molar-refractivity contribution in [3.05, 3.63) is 74.7 Å². The predicted octanol–water partition coefficient (Wildman–Crippen LogP) is 5.08. The van der Waals surface area contributed by atoms with Gasteiger partial charge in [-0.15, -0.1) is 0 Å². The lowest BCUT2D eigenvalue weighted by Gasteiger charge is -2.10. The molecule has 0 bridgehead atoms. The minimum absolute atomic E-state index is 0.0593. The van der Waals surface area contributed by atoms with Gasteiger partial charge in [0.25, 0.3) is 0 Å². The number of benzene rings is 2. The number of esters is 1. The summed E-state index contributed by atoms with van der Waals surface area (Å²) in [7, 11) is 2.65. The van der Waals surface area contributed by atoms with Crippen molar-refractivity contribution in [1.29, 1.82) is 0 Å². The molecule has 2 aromatic rings. The van der Waals surface area contributed by atoms with Gasteiger partial charge in [0.2, 0.25) is 0 Å². The molecule has 0 fully saturated rings. The molecule has 0 saturated heterocycles. The van der Waals surface area contributed by atoms with Crippen molar-refractivity contribution < 1.29 is 19.2 Å². The van der Waals surface area contributed by atoms with E-state index in [1.54, 1.807) is 18.2 Å². The Hall–Kier alpha value is -2.64. The largest absolute Gasteiger partial charge is 0.464 e. The first kappa shape index (κ1) is 22.6. The number of carbonyl (C=O) groups is 1. The zero-order valence-electron chi connectivity index (χ0n) is 16.2. The van der Waals surface area contributed by atoms with Crippen LogP contribution in [0.25, 0.3) is 6.08 Å². The molecule has 8 heteroatoms. The molecule has 29 heavy (non-hydrogen) atoms. The number of rotatable bonds is 8. The first-order valence-electron chi connectivity index (χ1n) is 8.53. The van der Waals surface area contributed by atoms with Crippen LogP contribution in [-0.4, -0.2) is 31.6 Å². The van der Waals surface area contributed by atoms with Crippen molar-refractivity contribution in [2.24, 2.45) is 10.3 Å². The van der Waals surface area contributed by atoms with Crippen LogP contribution < -0.4 is 0 Å². The molecule has 0 aliphatic carbocycles. The maximum absolute atomic E-state index is 12.0. The van der Waals surface area contributed by atoms with Gasteiger partial charge in [-0.05, 0) is 40.1 Å². The fourth-order valence-corrected chi connectivity index (χ4v) is 2.85. The third-order valence-corrected chi connectivity index (χ3v) is 4.20. The average Bonchev–Trinajstić information content (AvgIpc) is 2.72. The van der Waals surface area contributed by atoms with E-state index in [9.17, 15) is 4.79 Å². The van der Waals surface area contributed by atoms with Crippen LogP contribution in [0.15, 0.2) is 62.8 Å². The SMILES string of the molecule is CON=C(C(=O)OC)c1ccccc1CON=C(C)c1ccc(C=C(Cl)Br)cc1. The predicted molar refractivity (Wildman–Crippen MR) is 118 cm³/mol. The Morgan fingerprint density at radius 3 is 2.41 bits per heavy atom. The summed E-state index contributed by atoms with van der Waals surface area (Å²) in [4.78, 5) is 22.3. The molecular formula is C21H20BrClN2O4. The molecule has 0 aromatic heterocycles. The Morgan fingerprint density at radius 2 is 1.79 bits per heavy atom. The molecule has 0 heterocycles. The Bertz CT molecular complexity index is 936. The lowest BCUT2D eigenvalue weighted by Crippen LogP contribution is -2.19. The highest BCUT2D eigenvalue weighted by molar-refractivity contribution is 9.12. The molecule has 0 N–H and O–H groups in total. The number of nitrogens with zero attached hydrogens (tertiary/aromatic N) is 2. The van der Waals surface area contributed by atoms with Crippen molar-refractivity contribution in [1.82, 2.24) is 0 Å². The second-order valence-corrected chi connectivity index (χ2v) is 7.50. The van der Waals surface area contributed by atoms with Crippen LogP contribution in [0.5, 0.6) is 0 Å². The van der Waals surface area contributed by atoms with Gasteiger partial charge in [-0.1, -0.05) is 70.4 Å². The van der Waals surface area contributed by atoms with Crippen LogP contribution in [0.4, 0.5) is 0 Å². The summed E-state index contributed by atoms with van der Waals surface area (Å²) in [6.45, 7) is 1.99. The van der Waals surface area contributed by atoms with Gasteiger partial charge >= 0.3 is 5.97 Å². The van der Waals surface area contributed by atoms with E-state index in [2.05, 4.69) is 26.2 Å². The molecule has 0 atom stereocenters. The number of carbonyl (C=O) groups excluding carboxylic acids is 1. The van der Waals surface area contributed by atoms with Crippen LogP contribution in [0.2, 0.25) is 0 Å². The molecule has 0 aliphatic rings. The van der Waals surface area contributed by atoms with Gasteiger partial charge in [-0.2, -0.15) is 0 Å². The first-order chi connectivity index (χ1) is 14.0. The van der Waals surface area contributed by atoms with E-state index >= 15 is 0 Å². The smallest absolute Gasteiger partial charge is 0.360 e. The Balaban J connectivity index is 2.15. The van der Waals surface area contributed by atoms with Crippen molar-refractivity contribution >= 4 is 51.0 Å². The maximum atomic E-state index is 12.0. The Kier molecular flexibility index (Phi) is 8.89. The number of methoxy groups -OCH3 is 1. The molecule has 0 amide bonds. The molecule has 0 saturated carbocycles.